The minimum atomic E-state index is -3.54. The molecule has 0 aromatic heterocycles. The average molecular weight is 556 g/mol. The van der Waals surface area contributed by atoms with Gasteiger partial charge in [-0.15, -0.1) is 10.1 Å². The van der Waals surface area contributed by atoms with Gasteiger partial charge >= 0.3 is 19.8 Å². The van der Waals surface area contributed by atoms with Gasteiger partial charge in [-0.3, -0.25) is 23.2 Å². The van der Waals surface area contributed by atoms with Crippen LogP contribution in [-0.2, 0) is 37.3 Å². The number of hydrogen-bond donors (Lipinski definition) is 0. The van der Waals surface area contributed by atoms with E-state index in [1.165, 1.54) is 0 Å². The van der Waals surface area contributed by atoms with Crippen molar-refractivity contribution in [2.24, 2.45) is 0 Å². The van der Waals surface area contributed by atoms with E-state index < -0.39 is 24.8 Å². The van der Waals surface area contributed by atoms with Crippen LogP contribution in [0.15, 0.2) is 36.4 Å². The molecular weight excluding hydrogens is 521 g/mol. The van der Waals surface area contributed by atoms with E-state index in [1.807, 2.05) is 18.2 Å². The summed E-state index contributed by atoms with van der Waals surface area (Å²) in [6, 6.07) is 10.6. The van der Waals surface area contributed by atoms with Crippen molar-refractivity contribution in [2.45, 2.75) is 52.4 Å². The first-order valence-electron chi connectivity index (χ1n) is 12.4. The maximum absolute atomic E-state index is 12.5. The molecule has 0 bridgehead atoms. The number of rotatable bonds is 18. The summed E-state index contributed by atoms with van der Waals surface area (Å²) in [5.74, 6) is -1.04. The van der Waals surface area contributed by atoms with Gasteiger partial charge in [-0.05, 0) is 68.5 Å². The maximum atomic E-state index is 12.5. The average Bonchev–Trinajstić information content (AvgIpc) is 2.88. The summed E-state index contributed by atoms with van der Waals surface area (Å²) in [4.78, 5) is 38.7. The van der Waals surface area contributed by atoms with Crippen molar-refractivity contribution in [2.75, 3.05) is 33.0 Å². The van der Waals surface area contributed by atoms with Crippen LogP contribution < -0.4 is 4.74 Å². The third-order valence-electron chi connectivity index (χ3n) is 5.25. The predicted molar refractivity (Wildman–Crippen MR) is 137 cm³/mol. The highest BCUT2D eigenvalue weighted by Gasteiger charge is 2.25. The van der Waals surface area contributed by atoms with Gasteiger partial charge < -0.3 is 14.3 Å². The second kappa shape index (κ2) is 16.0. The van der Waals surface area contributed by atoms with Crippen molar-refractivity contribution >= 4 is 30.5 Å². The minimum Gasteiger partial charge on any atom is -0.465 e. The summed E-state index contributed by atoms with van der Waals surface area (Å²) in [7, 11) is -3.54. The molecule has 1 atom stereocenters. The molecule has 0 spiro atoms. The normalized spacial score (nSPS) is 12.2. The number of esters is 2. The first-order chi connectivity index (χ1) is 18.2. The van der Waals surface area contributed by atoms with Gasteiger partial charge in [-0.25, -0.2) is 4.57 Å². The largest absolute Gasteiger partial charge is 0.474 e. The molecule has 2 rings (SSSR count). The van der Waals surface area contributed by atoms with E-state index in [9.17, 15) is 24.3 Å². The van der Waals surface area contributed by atoms with E-state index in [0.717, 1.165) is 16.3 Å². The topological polar surface area (TPSA) is 150 Å². The number of benzene rings is 2. The fourth-order valence-corrected chi connectivity index (χ4v) is 4.56. The van der Waals surface area contributed by atoms with Gasteiger partial charge in [0, 0.05) is 6.42 Å². The van der Waals surface area contributed by atoms with Crippen molar-refractivity contribution in [3.8, 4) is 5.75 Å². The standard InChI is InChI=1S/C25H34NO11P/c1-4-34-38(31,35-5-2)36-16-7-6-14-32-25(28)19(3)20-10-11-22-18-23(13-12-21(22)17-20)37-24(27)9-8-15-33-26(29)30/h10-13,17-19H,4-9,14-16H2,1-3H3. The van der Waals surface area contributed by atoms with E-state index in [4.69, 9.17) is 23.0 Å². The molecule has 13 heteroatoms. The Balaban J connectivity index is 1.80. The van der Waals surface area contributed by atoms with Crippen LogP contribution in [0, 0.1) is 10.1 Å². The van der Waals surface area contributed by atoms with Gasteiger partial charge in [-0.1, -0.05) is 24.3 Å². The summed E-state index contributed by atoms with van der Waals surface area (Å²) in [6.45, 7) is 5.75. The van der Waals surface area contributed by atoms with Crippen molar-refractivity contribution < 1.29 is 47.1 Å². The SMILES string of the molecule is CCOP(=O)(OCC)OCCCCOC(=O)C(C)c1ccc2cc(OC(=O)CCCO[N+](=O)[O-])ccc2c1. The Labute approximate surface area is 221 Å². The van der Waals surface area contributed by atoms with Crippen molar-refractivity contribution in [1.29, 1.82) is 0 Å². The number of phosphoric ester groups is 1. The van der Waals surface area contributed by atoms with Gasteiger partial charge in [0.25, 0.3) is 5.09 Å². The number of nitrogens with zero attached hydrogens (tertiary/aromatic N) is 1. The van der Waals surface area contributed by atoms with E-state index in [2.05, 4.69) is 4.84 Å². The molecule has 0 aliphatic rings. The Bertz CT molecular complexity index is 1110. The molecule has 0 saturated carbocycles. The van der Waals surface area contributed by atoms with Crippen LogP contribution in [0.1, 0.15) is 57.9 Å². The first-order valence-corrected chi connectivity index (χ1v) is 13.9. The predicted octanol–water partition coefficient (Wildman–Crippen LogP) is 5.36. The number of ether oxygens (including phenoxy) is 2. The molecule has 0 heterocycles. The van der Waals surface area contributed by atoms with Crippen LogP contribution in [0.5, 0.6) is 5.75 Å². The number of fused-ring (bicyclic) bond motifs is 1. The molecule has 12 nitrogen and oxygen atoms in total. The monoisotopic (exact) mass is 555 g/mol. The smallest absolute Gasteiger partial charge is 0.465 e. The highest BCUT2D eigenvalue weighted by molar-refractivity contribution is 7.48. The number of carbonyl (C=O) groups excluding carboxylic acids is 2. The van der Waals surface area contributed by atoms with Gasteiger partial charge in [0.1, 0.15) is 5.75 Å². The molecule has 2 aromatic rings. The van der Waals surface area contributed by atoms with Gasteiger partial charge in [-0.2, -0.15) is 0 Å². The van der Waals surface area contributed by atoms with E-state index >= 15 is 0 Å². The minimum absolute atomic E-state index is 0.0151. The van der Waals surface area contributed by atoms with Gasteiger partial charge in [0.15, 0.2) is 0 Å². The molecule has 0 amide bonds. The Morgan fingerprint density at radius 3 is 2.26 bits per heavy atom. The molecule has 0 fully saturated rings. The maximum Gasteiger partial charge on any atom is 0.474 e. The molecule has 0 N–H and O–H groups in total. The third kappa shape index (κ3) is 10.7. The third-order valence-corrected chi connectivity index (χ3v) is 6.90. The molecule has 1 unspecified atom stereocenters. The Morgan fingerprint density at radius 2 is 1.58 bits per heavy atom. The van der Waals surface area contributed by atoms with Crippen LogP contribution in [0.3, 0.4) is 0 Å². The van der Waals surface area contributed by atoms with Gasteiger partial charge in [0.2, 0.25) is 0 Å². The van der Waals surface area contributed by atoms with Crippen molar-refractivity contribution in [3.05, 3.63) is 52.1 Å². The highest BCUT2D eigenvalue weighted by atomic mass is 31.2. The van der Waals surface area contributed by atoms with Crippen molar-refractivity contribution in [3.63, 3.8) is 0 Å². The van der Waals surface area contributed by atoms with E-state index in [0.29, 0.717) is 18.6 Å². The number of unbranched alkanes of at least 4 members (excludes halogenated alkanes) is 1. The summed E-state index contributed by atoms with van der Waals surface area (Å²) in [6.07, 6.45) is 1.20. The zero-order valence-corrected chi connectivity index (χ0v) is 22.7. The highest BCUT2D eigenvalue weighted by Crippen LogP contribution is 2.49. The second-order valence-electron chi connectivity index (χ2n) is 8.12. The molecule has 210 valence electrons. The Hall–Kier alpha value is -3.05. The fraction of sp³-hybridized carbons (Fsp3) is 0.520. The first kappa shape index (κ1) is 31.2. The number of hydrogen-bond acceptors (Lipinski definition) is 11. The lowest BCUT2D eigenvalue weighted by atomic mass is 9.98. The van der Waals surface area contributed by atoms with Crippen LogP contribution in [0.2, 0.25) is 0 Å². The lowest BCUT2D eigenvalue weighted by Crippen LogP contribution is -2.14. The zero-order chi connectivity index (χ0) is 28.0. The van der Waals surface area contributed by atoms with Crippen LogP contribution >= 0.6 is 7.82 Å². The second-order valence-corrected chi connectivity index (χ2v) is 9.78. The Kier molecular flexibility index (Phi) is 13.1. The molecule has 0 aliphatic carbocycles. The zero-order valence-electron chi connectivity index (χ0n) is 21.8. The van der Waals surface area contributed by atoms with Crippen LogP contribution in [0.25, 0.3) is 10.8 Å². The van der Waals surface area contributed by atoms with E-state index in [-0.39, 0.29) is 51.8 Å². The van der Waals surface area contributed by atoms with Crippen molar-refractivity contribution in [1.82, 2.24) is 0 Å². The lowest BCUT2D eigenvalue weighted by Gasteiger charge is -2.16. The van der Waals surface area contributed by atoms with E-state index in [1.54, 1.807) is 39.0 Å². The van der Waals surface area contributed by atoms with Crippen LogP contribution in [0.4, 0.5) is 0 Å². The summed E-state index contributed by atoms with van der Waals surface area (Å²) in [5.41, 5.74) is 0.774. The molecule has 0 radical (unpaired) electrons. The lowest BCUT2D eigenvalue weighted by molar-refractivity contribution is -0.757. The summed E-state index contributed by atoms with van der Waals surface area (Å²) >= 11 is 0. The fourth-order valence-electron chi connectivity index (χ4n) is 3.36. The molecule has 38 heavy (non-hydrogen) atoms. The Morgan fingerprint density at radius 1 is 0.921 bits per heavy atom. The molecule has 0 aliphatic heterocycles. The van der Waals surface area contributed by atoms with Gasteiger partial charge in [0.05, 0.1) is 39.0 Å². The number of phosphoric acid groups is 1. The molecule has 2 aromatic carbocycles. The quantitative estimate of drug-likeness (QED) is 0.0584. The van der Waals surface area contributed by atoms with Crippen LogP contribution in [-0.4, -0.2) is 50.1 Å². The number of carbonyl (C=O) groups is 2. The summed E-state index contributed by atoms with van der Waals surface area (Å²) < 4.78 is 38.3. The summed E-state index contributed by atoms with van der Waals surface area (Å²) in [5, 5.41) is 10.9. The molecular formula is C25H34NO11P. The molecule has 0 saturated heterocycles.